The molecule has 31 heavy (non-hydrogen) atoms. The predicted molar refractivity (Wildman–Crippen MR) is 116 cm³/mol. The van der Waals surface area contributed by atoms with Crippen LogP contribution in [0.15, 0.2) is 47.9 Å². The van der Waals surface area contributed by atoms with E-state index in [-0.39, 0.29) is 12.5 Å². The lowest BCUT2D eigenvalue weighted by Crippen LogP contribution is -2.21. The Morgan fingerprint density at radius 3 is 2.71 bits per heavy atom. The molecule has 158 valence electrons. The number of allylic oxidation sites excluding steroid dienone is 1. The SMILES string of the molecule is COc1ccc([C@H]2C(C#N)=C(N)Oc3n[nH]c(C)c32)cc1COc1ccc(Cl)cc1Cl. The van der Waals surface area contributed by atoms with Crippen LogP contribution in [0.1, 0.15) is 28.3 Å². The lowest BCUT2D eigenvalue weighted by Gasteiger charge is -2.24. The Bertz CT molecular complexity index is 1230. The van der Waals surface area contributed by atoms with E-state index in [1.54, 1.807) is 25.3 Å². The molecule has 4 rings (SSSR count). The Balaban J connectivity index is 1.73. The molecular formula is C22H18Cl2N4O3. The number of aryl methyl sites for hydroxylation is 1. The number of aromatic amines is 1. The summed E-state index contributed by atoms with van der Waals surface area (Å²) >= 11 is 12.2. The van der Waals surface area contributed by atoms with Crippen LogP contribution in [-0.4, -0.2) is 17.3 Å². The van der Waals surface area contributed by atoms with E-state index in [2.05, 4.69) is 16.3 Å². The van der Waals surface area contributed by atoms with Crippen molar-refractivity contribution in [2.24, 2.45) is 5.73 Å². The van der Waals surface area contributed by atoms with Gasteiger partial charge in [-0.3, -0.25) is 5.10 Å². The normalized spacial score (nSPS) is 15.1. The van der Waals surface area contributed by atoms with Gasteiger partial charge in [0.15, 0.2) is 0 Å². The summed E-state index contributed by atoms with van der Waals surface area (Å²) in [4.78, 5) is 0. The summed E-state index contributed by atoms with van der Waals surface area (Å²) in [6, 6.07) is 12.8. The van der Waals surface area contributed by atoms with E-state index in [0.717, 1.165) is 22.4 Å². The van der Waals surface area contributed by atoms with Gasteiger partial charge in [0, 0.05) is 21.8 Å². The van der Waals surface area contributed by atoms with E-state index in [4.69, 9.17) is 43.1 Å². The minimum Gasteiger partial charge on any atom is -0.496 e. The second-order valence-electron chi connectivity index (χ2n) is 6.93. The third-order valence-electron chi connectivity index (χ3n) is 5.04. The van der Waals surface area contributed by atoms with Crippen molar-refractivity contribution in [3.63, 3.8) is 0 Å². The lowest BCUT2D eigenvalue weighted by atomic mass is 9.83. The van der Waals surface area contributed by atoms with Gasteiger partial charge >= 0.3 is 0 Å². The molecule has 2 heterocycles. The molecule has 0 bridgehead atoms. The summed E-state index contributed by atoms with van der Waals surface area (Å²) in [6.07, 6.45) is 0. The molecule has 0 amide bonds. The number of rotatable bonds is 5. The molecule has 1 aromatic heterocycles. The van der Waals surface area contributed by atoms with Crippen molar-refractivity contribution in [1.82, 2.24) is 10.2 Å². The smallest absolute Gasteiger partial charge is 0.244 e. The zero-order chi connectivity index (χ0) is 22.1. The number of hydrogen-bond acceptors (Lipinski definition) is 6. The number of benzene rings is 2. The Kier molecular flexibility index (Phi) is 5.68. The zero-order valence-electron chi connectivity index (χ0n) is 16.7. The van der Waals surface area contributed by atoms with E-state index in [0.29, 0.717) is 33.0 Å². The maximum absolute atomic E-state index is 9.75. The molecule has 1 atom stereocenters. The number of ether oxygens (including phenoxy) is 3. The lowest BCUT2D eigenvalue weighted by molar-refractivity contribution is 0.296. The van der Waals surface area contributed by atoms with Crippen molar-refractivity contribution in [2.75, 3.05) is 7.11 Å². The van der Waals surface area contributed by atoms with Crippen molar-refractivity contribution >= 4 is 23.2 Å². The van der Waals surface area contributed by atoms with Crippen LogP contribution in [0.5, 0.6) is 17.4 Å². The first-order chi connectivity index (χ1) is 14.9. The highest BCUT2D eigenvalue weighted by Gasteiger charge is 2.34. The molecule has 0 saturated carbocycles. The number of nitrogens with two attached hydrogens (primary N) is 1. The number of nitrogens with zero attached hydrogens (tertiary/aromatic N) is 2. The molecule has 9 heteroatoms. The number of fused-ring (bicyclic) bond motifs is 1. The number of hydrogen-bond donors (Lipinski definition) is 2. The van der Waals surface area contributed by atoms with Crippen LogP contribution in [0.3, 0.4) is 0 Å². The molecule has 0 saturated heterocycles. The van der Waals surface area contributed by atoms with Gasteiger partial charge < -0.3 is 19.9 Å². The molecule has 1 aliphatic rings. The molecule has 2 aromatic carbocycles. The Morgan fingerprint density at radius 1 is 1.23 bits per heavy atom. The molecule has 1 aliphatic heterocycles. The van der Waals surface area contributed by atoms with Crippen molar-refractivity contribution < 1.29 is 14.2 Å². The quantitative estimate of drug-likeness (QED) is 0.569. The van der Waals surface area contributed by atoms with Gasteiger partial charge in [-0.15, -0.1) is 5.10 Å². The average molecular weight is 457 g/mol. The number of nitrogens with one attached hydrogen (secondary N) is 1. The van der Waals surface area contributed by atoms with E-state index < -0.39 is 5.92 Å². The minimum absolute atomic E-state index is 0.0352. The first-order valence-electron chi connectivity index (χ1n) is 9.30. The highest BCUT2D eigenvalue weighted by Crippen LogP contribution is 2.43. The van der Waals surface area contributed by atoms with Crippen LogP contribution in [0.25, 0.3) is 0 Å². The van der Waals surface area contributed by atoms with Gasteiger partial charge in [-0.05, 0) is 42.8 Å². The monoisotopic (exact) mass is 456 g/mol. The van der Waals surface area contributed by atoms with E-state index in [9.17, 15) is 5.26 Å². The predicted octanol–water partition coefficient (Wildman–Crippen LogP) is 4.83. The summed E-state index contributed by atoms with van der Waals surface area (Å²) in [5, 5.41) is 17.7. The van der Waals surface area contributed by atoms with Crippen molar-refractivity contribution in [3.05, 3.63) is 80.3 Å². The number of halogens is 2. The molecule has 3 aromatic rings. The summed E-state index contributed by atoms with van der Waals surface area (Å²) in [6.45, 7) is 2.06. The van der Waals surface area contributed by atoms with Gasteiger partial charge in [-0.2, -0.15) is 5.26 Å². The van der Waals surface area contributed by atoms with Crippen LogP contribution in [0.2, 0.25) is 10.0 Å². The van der Waals surface area contributed by atoms with Crippen LogP contribution in [0.4, 0.5) is 0 Å². The van der Waals surface area contributed by atoms with Gasteiger partial charge in [0.1, 0.15) is 29.7 Å². The average Bonchev–Trinajstić information content (AvgIpc) is 3.12. The van der Waals surface area contributed by atoms with Gasteiger partial charge in [-0.25, -0.2) is 0 Å². The maximum Gasteiger partial charge on any atom is 0.244 e. The Hall–Kier alpha value is -3.34. The minimum atomic E-state index is -0.434. The highest BCUT2D eigenvalue weighted by atomic mass is 35.5. The number of methoxy groups -OCH3 is 1. The molecule has 0 spiro atoms. The number of nitriles is 1. The van der Waals surface area contributed by atoms with Crippen molar-refractivity contribution in [3.8, 4) is 23.4 Å². The zero-order valence-corrected chi connectivity index (χ0v) is 18.2. The summed E-state index contributed by atoms with van der Waals surface area (Å²) < 4.78 is 16.9. The molecule has 7 nitrogen and oxygen atoms in total. The third kappa shape index (κ3) is 3.88. The molecule has 0 unspecified atom stereocenters. The first-order valence-corrected chi connectivity index (χ1v) is 10.1. The Morgan fingerprint density at radius 2 is 2.00 bits per heavy atom. The largest absolute Gasteiger partial charge is 0.496 e. The van der Waals surface area contributed by atoms with Crippen molar-refractivity contribution in [1.29, 1.82) is 5.26 Å². The fourth-order valence-electron chi connectivity index (χ4n) is 3.57. The standard InChI is InChI=1S/C22H18Cl2N4O3/c1-11-19-20(15(9-25)21(26)31-22(19)28-27-11)12-3-5-17(29-2)13(7-12)10-30-18-6-4-14(23)8-16(18)24/h3-8,20H,10,26H2,1-2H3,(H,27,28)/t20-/m0/s1. The molecule has 0 aliphatic carbocycles. The van der Waals surface area contributed by atoms with E-state index in [1.807, 2.05) is 25.1 Å². The maximum atomic E-state index is 9.75. The second kappa shape index (κ2) is 8.42. The third-order valence-corrected chi connectivity index (χ3v) is 5.57. The highest BCUT2D eigenvalue weighted by molar-refractivity contribution is 6.35. The molecular weight excluding hydrogens is 439 g/mol. The summed E-state index contributed by atoms with van der Waals surface area (Å²) in [7, 11) is 1.58. The topological polar surface area (TPSA) is 106 Å². The van der Waals surface area contributed by atoms with E-state index in [1.165, 1.54) is 0 Å². The van der Waals surface area contributed by atoms with Gasteiger partial charge in [0.2, 0.25) is 11.8 Å². The molecule has 3 N–H and O–H groups in total. The molecule has 0 radical (unpaired) electrons. The first kappa shape index (κ1) is 20.9. The van der Waals surface area contributed by atoms with Gasteiger partial charge in [0.05, 0.1) is 18.1 Å². The fraction of sp³-hybridized carbons (Fsp3) is 0.182. The summed E-state index contributed by atoms with van der Waals surface area (Å²) in [5.41, 5.74) is 9.48. The Labute approximate surface area is 188 Å². The molecule has 0 fully saturated rings. The van der Waals surface area contributed by atoms with Crippen molar-refractivity contribution in [2.45, 2.75) is 19.4 Å². The van der Waals surface area contributed by atoms with E-state index >= 15 is 0 Å². The number of H-pyrrole nitrogens is 1. The van der Waals surface area contributed by atoms with Crippen LogP contribution >= 0.6 is 23.2 Å². The fourth-order valence-corrected chi connectivity index (χ4v) is 4.03. The summed E-state index contributed by atoms with van der Waals surface area (Å²) in [5.74, 6) is 1.10. The second-order valence-corrected chi connectivity index (χ2v) is 7.77. The van der Waals surface area contributed by atoms with Crippen LogP contribution in [0, 0.1) is 18.3 Å². The van der Waals surface area contributed by atoms with Crippen LogP contribution in [-0.2, 0) is 6.61 Å². The number of aromatic nitrogens is 2. The van der Waals surface area contributed by atoms with Gasteiger partial charge in [-0.1, -0.05) is 29.3 Å². The van der Waals surface area contributed by atoms with Crippen LogP contribution < -0.4 is 19.9 Å². The van der Waals surface area contributed by atoms with Gasteiger partial charge in [0.25, 0.3) is 0 Å².